The van der Waals surface area contributed by atoms with E-state index < -0.39 is 5.82 Å². The van der Waals surface area contributed by atoms with Crippen LogP contribution in [0.1, 0.15) is 11.1 Å². The monoisotopic (exact) mass is 416 g/mol. The molecule has 0 spiro atoms. The van der Waals surface area contributed by atoms with E-state index in [1.165, 1.54) is 17.7 Å². The van der Waals surface area contributed by atoms with Crippen LogP contribution in [0, 0.1) is 17.0 Å². The first-order chi connectivity index (χ1) is 10.1. The van der Waals surface area contributed by atoms with E-state index in [2.05, 4.69) is 44.0 Å². The molecule has 4 heteroatoms. The lowest BCUT2D eigenvalue weighted by atomic mass is 9.80. The van der Waals surface area contributed by atoms with Gasteiger partial charge in [-0.1, -0.05) is 62.2 Å². The number of benzene rings is 2. The van der Waals surface area contributed by atoms with E-state index >= 15 is 0 Å². The van der Waals surface area contributed by atoms with Crippen molar-refractivity contribution in [3.63, 3.8) is 0 Å². The molecule has 0 bridgehead atoms. The lowest BCUT2D eigenvalue weighted by Crippen LogP contribution is -2.31. The Morgan fingerprint density at radius 3 is 2.14 bits per heavy atom. The third-order valence-corrected chi connectivity index (χ3v) is 5.94. The first kappa shape index (κ1) is 16.6. The van der Waals surface area contributed by atoms with Gasteiger partial charge in [0.1, 0.15) is 11.6 Å². The predicted molar refractivity (Wildman–Crippen MR) is 90.2 cm³/mol. The minimum absolute atomic E-state index is 0.198. The second-order valence-electron chi connectivity index (χ2n) is 5.34. The van der Waals surface area contributed by atoms with Crippen LogP contribution in [0.15, 0.2) is 48.5 Å². The topological polar surface area (TPSA) is 0 Å². The maximum atomic E-state index is 13.9. The third-order valence-electron chi connectivity index (χ3n) is 3.56. The smallest absolute Gasteiger partial charge is 0.126 e. The first-order valence-electron chi connectivity index (χ1n) is 6.68. The van der Waals surface area contributed by atoms with E-state index in [1.54, 1.807) is 0 Å². The molecule has 0 aliphatic carbocycles. The summed E-state index contributed by atoms with van der Waals surface area (Å²) < 4.78 is 27.3. The van der Waals surface area contributed by atoms with Crippen molar-refractivity contribution in [3.05, 3.63) is 71.3 Å². The van der Waals surface area contributed by atoms with Gasteiger partial charge in [0.25, 0.3) is 0 Å². The van der Waals surface area contributed by atoms with Crippen molar-refractivity contribution in [3.8, 4) is 0 Å². The van der Waals surface area contributed by atoms with Crippen LogP contribution in [0.25, 0.3) is 0 Å². The maximum Gasteiger partial charge on any atom is 0.126 e. The first-order valence-corrected chi connectivity index (χ1v) is 8.93. The van der Waals surface area contributed by atoms with Gasteiger partial charge >= 0.3 is 0 Å². The Balaban J connectivity index is 2.27. The zero-order valence-corrected chi connectivity index (χ0v) is 14.6. The van der Waals surface area contributed by atoms with Crippen molar-refractivity contribution < 1.29 is 8.78 Å². The van der Waals surface area contributed by atoms with Crippen LogP contribution in [-0.4, -0.2) is 10.7 Å². The third kappa shape index (κ3) is 4.36. The van der Waals surface area contributed by atoms with Gasteiger partial charge in [-0.3, -0.25) is 0 Å². The fourth-order valence-corrected chi connectivity index (χ4v) is 4.12. The SMILES string of the molecule is Fc1ccc(F)c(CC(CBr)(CBr)Cc2ccccc2)c1. The highest BCUT2D eigenvalue weighted by atomic mass is 79.9. The van der Waals surface area contributed by atoms with Gasteiger partial charge in [0.2, 0.25) is 0 Å². The van der Waals surface area contributed by atoms with E-state index in [1.807, 2.05) is 18.2 Å². The fourth-order valence-electron chi connectivity index (χ4n) is 2.40. The molecule has 2 rings (SSSR count). The lowest BCUT2D eigenvalue weighted by molar-refractivity contribution is 0.377. The highest BCUT2D eigenvalue weighted by molar-refractivity contribution is 9.09. The van der Waals surface area contributed by atoms with E-state index in [9.17, 15) is 8.78 Å². The lowest BCUT2D eigenvalue weighted by Gasteiger charge is -2.30. The Bertz CT molecular complexity index is 581. The minimum atomic E-state index is -0.399. The van der Waals surface area contributed by atoms with E-state index in [4.69, 9.17) is 0 Å². The van der Waals surface area contributed by atoms with Crippen LogP contribution in [0.5, 0.6) is 0 Å². The average Bonchev–Trinajstić information content (AvgIpc) is 2.51. The molecule has 0 amide bonds. The van der Waals surface area contributed by atoms with Gasteiger partial charge in [-0.25, -0.2) is 8.78 Å². The summed E-state index contributed by atoms with van der Waals surface area (Å²) in [4.78, 5) is 0. The standard InChI is InChI=1S/C17H16Br2F2/c18-11-17(12-19,9-13-4-2-1-3-5-13)10-14-8-15(20)6-7-16(14)21/h1-8H,9-12H2. The molecular formula is C17H16Br2F2. The van der Waals surface area contributed by atoms with Crippen LogP contribution in [0.4, 0.5) is 8.78 Å². The van der Waals surface area contributed by atoms with Crippen molar-refractivity contribution in [1.82, 2.24) is 0 Å². The summed E-state index contributed by atoms with van der Waals surface area (Å²) >= 11 is 7.09. The van der Waals surface area contributed by atoms with Gasteiger partial charge < -0.3 is 0 Å². The molecule has 0 heterocycles. The number of hydrogen-bond donors (Lipinski definition) is 0. The molecule has 21 heavy (non-hydrogen) atoms. The normalized spacial score (nSPS) is 11.6. The van der Waals surface area contributed by atoms with Crippen molar-refractivity contribution in [2.45, 2.75) is 12.8 Å². The van der Waals surface area contributed by atoms with Crippen LogP contribution >= 0.6 is 31.9 Å². The van der Waals surface area contributed by atoms with Gasteiger partial charge in [0.05, 0.1) is 0 Å². The largest absolute Gasteiger partial charge is 0.207 e. The summed E-state index contributed by atoms with van der Waals surface area (Å²) in [6.45, 7) is 0. The molecule has 0 atom stereocenters. The highest BCUT2D eigenvalue weighted by Gasteiger charge is 2.30. The van der Waals surface area contributed by atoms with Crippen molar-refractivity contribution in [1.29, 1.82) is 0 Å². The van der Waals surface area contributed by atoms with Crippen molar-refractivity contribution >= 4 is 31.9 Å². The molecule has 0 aromatic heterocycles. The molecule has 0 radical (unpaired) electrons. The van der Waals surface area contributed by atoms with E-state index in [-0.39, 0.29) is 11.2 Å². The summed E-state index contributed by atoms with van der Waals surface area (Å²) in [6.07, 6.45) is 1.27. The molecular weight excluding hydrogens is 402 g/mol. The fraction of sp³-hybridized carbons (Fsp3) is 0.294. The van der Waals surface area contributed by atoms with Crippen molar-refractivity contribution in [2.75, 3.05) is 10.7 Å². The van der Waals surface area contributed by atoms with Gasteiger partial charge in [0, 0.05) is 10.7 Å². The van der Waals surface area contributed by atoms with E-state index in [0.29, 0.717) is 22.6 Å². The van der Waals surface area contributed by atoms with Gasteiger partial charge in [-0.05, 0) is 47.6 Å². The molecule has 2 aromatic carbocycles. The molecule has 0 saturated carbocycles. The van der Waals surface area contributed by atoms with Crippen molar-refractivity contribution in [2.24, 2.45) is 5.41 Å². The molecule has 0 aliphatic rings. The number of halogens is 4. The number of hydrogen-bond acceptors (Lipinski definition) is 0. The van der Waals surface area contributed by atoms with Crippen LogP contribution in [-0.2, 0) is 12.8 Å². The molecule has 0 N–H and O–H groups in total. The Kier molecular flexibility index (Phi) is 5.94. The summed E-state index contributed by atoms with van der Waals surface area (Å²) in [5, 5.41) is 1.41. The van der Waals surface area contributed by atoms with E-state index in [0.717, 1.165) is 12.5 Å². The van der Waals surface area contributed by atoms with Crippen LogP contribution in [0.2, 0.25) is 0 Å². The van der Waals surface area contributed by atoms with Gasteiger partial charge in [0.15, 0.2) is 0 Å². The number of rotatable bonds is 6. The molecule has 0 unspecified atom stereocenters. The Labute approximate surface area is 140 Å². The Hall–Kier alpha value is -0.740. The molecule has 0 nitrogen and oxygen atoms in total. The number of alkyl halides is 2. The quantitative estimate of drug-likeness (QED) is 0.542. The highest BCUT2D eigenvalue weighted by Crippen LogP contribution is 2.33. The summed E-state index contributed by atoms with van der Waals surface area (Å²) in [6, 6.07) is 13.7. The predicted octanol–water partition coefficient (Wildman–Crippen LogP) is 5.53. The van der Waals surface area contributed by atoms with Crippen LogP contribution in [0.3, 0.4) is 0 Å². The molecule has 2 aromatic rings. The molecule has 0 fully saturated rings. The summed E-state index contributed by atoms with van der Waals surface area (Å²) in [5.74, 6) is -0.750. The molecule has 112 valence electrons. The zero-order chi connectivity index (χ0) is 15.3. The second-order valence-corrected chi connectivity index (χ2v) is 6.46. The maximum absolute atomic E-state index is 13.9. The Morgan fingerprint density at radius 2 is 1.52 bits per heavy atom. The van der Waals surface area contributed by atoms with Gasteiger partial charge in [-0.15, -0.1) is 0 Å². The Morgan fingerprint density at radius 1 is 0.857 bits per heavy atom. The van der Waals surface area contributed by atoms with Gasteiger partial charge in [-0.2, -0.15) is 0 Å². The average molecular weight is 418 g/mol. The van der Waals surface area contributed by atoms with Crippen LogP contribution < -0.4 is 0 Å². The summed E-state index contributed by atoms with van der Waals surface area (Å²) in [5.41, 5.74) is 1.41. The molecule has 0 saturated heterocycles. The zero-order valence-electron chi connectivity index (χ0n) is 11.5. The minimum Gasteiger partial charge on any atom is -0.207 e. The molecule has 0 aliphatic heterocycles. The summed E-state index contributed by atoms with van der Waals surface area (Å²) in [7, 11) is 0. The second kappa shape index (κ2) is 7.50.